The molecule has 0 atom stereocenters. The first-order valence-electron chi connectivity index (χ1n) is 6.06. The van der Waals surface area contributed by atoms with E-state index in [4.69, 9.17) is 0 Å². The van der Waals surface area contributed by atoms with Gasteiger partial charge in [0.2, 0.25) is 11.8 Å². The third-order valence-corrected chi connectivity index (χ3v) is 3.50. The van der Waals surface area contributed by atoms with Gasteiger partial charge in [-0.05, 0) is 26.0 Å². The van der Waals surface area contributed by atoms with Crippen molar-refractivity contribution in [3.8, 4) is 0 Å². The number of aromatic nitrogens is 1. The quantitative estimate of drug-likeness (QED) is 0.613. The van der Waals surface area contributed by atoms with E-state index in [-0.39, 0.29) is 30.7 Å². The second-order valence-corrected chi connectivity index (χ2v) is 5.22. The molecule has 2 rings (SSSR count). The molecule has 1 aliphatic rings. The molecule has 1 aromatic heterocycles. The Morgan fingerprint density at radius 3 is 2.68 bits per heavy atom. The highest BCUT2D eigenvalue weighted by molar-refractivity contribution is 6.04. The van der Waals surface area contributed by atoms with Gasteiger partial charge in [-0.15, -0.1) is 0 Å². The van der Waals surface area contributed by atoms with Crippen molar-refractivity contribution in [3.05, 3.63) is 24.0 Å². The van der Waals surface area contributed by atoms with Crippen LogP contribution in [0.25, 0.3) is 0 Å². The Hall–Kier alpha value is -1.95. The predicted octanol–water partition coefficient (Wildman–Crippen LogP) is -0.0552. The topological polar surface area (TPSA) is 71.4 Å². The number of nitrogens with zero attached hydrogens (tertiary/aromatic N) is 2. The molecular weight excluding hydrogens is 246 g/mol. The molecule has 102 valence electrons. The van der Waals surface area contributed by atoms with E-state index in [1.54, 1.807) is 48.7 Å². The molecule has 19 heavy (non-hydrogen) atoms. The van der Waals surface area contributed by atoms with Crippen molar-refractivity contribution in [1.82, 2.24) is 14.8 Å². The molecule has 0 radical (unpaired) electrons. The first-order valence-corrected chi connectivity index (χ1v) is 6.06. The van der Waals surface area contributed by atoms with Gasteiger partial charge in [0.25, 0.3) is 0 Å². The highest BCUT2D eigenvalue weighted by Crippen LogP contribution is 2.18. The number of aryl methyl sites for hydroxylation is 1. The van der Waals surface area contributed by atoms with Crippen LogP contribution in [0, 0.1) is 0 Å². The van der Waals surface area contributed by atoms with E-state index in [0.29, 0.717) is 5.69 Å². The lowest BCUT2D eigenvalue weighted by Gasteiger charge is -2.39. The van der Waals surface area contributed by atoms with Crippen molar-refractivity contribution in [2.45, 2.75) is 19.4 Å². The predicted molar refractivity (Wildman–Crippen MR) is 68.5 cm³/mol. The molecule has 0 unspecified atom stereocenters. The van der Waals surface area contributed by atoms with Gasteiger partial charge in [0, 0.05) is 13.2 Å². The molecule has 1 aliphatic heterocycles. The molecule has 0 aliphatic carbocycles. The van der Waals surface area contributed by atoms with Crippen molar-refractivity contribution < 1.29 is 14.4 Å². The number of Topliss-reactive ketones (excluding diaryl/α,β-unsaturated/α-hetero) is 1. The summed E-state index contributed by atoms with van der Waals surface area (Å²) in [5.74, 6) is -0.851. The van der Waals surface area contributed by atoms with Gasteiger partial charge in [-0.1, -0.05) is 0 Å². The number of rotatable bonds is 3. The van der Waals surface area contributed by atoms with Crippen LogP contribution in [0.15, 0.2) is 18.3 Å². The Kier molecular flexibility index (Phi) is 3.28. The normalized spacial score (nSPS) is 19.3. The number of hydrogen-bond donors (Lipinski definition) is 1. The molecule has 0 saturated carbocycles. The van der Waals surface area contributed by atoms with Crippen molar-refractivity contribution >= 4 is 17.6 Å². The minimum absolute atomic E-state index is 0.0456. The summed E-state index contributed by atoms with van der Waals surface area (Å²) >= 11 is 0. The molecule has 0 bridgehead atoms. The number of piperazine rings is 1. The zero-order valence-electron chi connectivity index (χ0n) is 11.3. The molecule has 2 heterocycles. The summed E-state index contributed by atoms with van der Waals surface area (Å²) in [6.07, 6.45) is 1.78. The van der Waals surface area contributed by atoms with Crippen molar-refractivity contribution in [2.24, 2.45) is 7.05 Å². The maximum absolute atomic E-state index is 12.2. The van der Waals surface area contributed by atoms with Gasteiger partial charge >= 0.3 is 0 Å². The van der Waals surface area contributed by atoms with Crippen LogP contribution in [0.2, 0.25) is 0 Å². The lowest BCUT2D eigenvalue weighted by molar-refractivity contribution is -0.144. The molecule has 6 heteroatoms. The summed E-state index contributed by atoms with van der Waals surface area (Å²) in [5.41, 5.74) is -0.302. The van der Waals surface area contributed by atoms with E-state index in [1.807, 2.05) is 0 Å². The van der Waals surface area contributed by atoms with Crippen LogP contribution in [-0.2, 0) is 16.6 Å². The molecule has 1 saturated heterocycles. The van der Waals surface area contributed by atoms with E-state index in [2.05, 4.69) is 5.32 Å². The van der Waals surface area contributed by atoms with E-state index >= 15 is 0 Å². The third kappa shape index (κ3) is 2.44. The molecule has 0 spiro atoms. The molecule has 0 aromatic carbocycles. The van der Waals surface area contributed by atoms with Crippen LogP contribution in [0.4, 0.5) is 0 Å². The fourth-order valence-corrected chi connectivity index (χ4v) is 2.09. The molecule has 6 nitrogen and oxygen atoms in total. The van der Waals surface area contributed by atoms with Crippen LogP contribution in [-0.4, -0.2) is 45.7 Å². The minimum Gasteiger partial charge on any atom is -0.348 e. The average molecular weight is 263 g/mol. The van der Waals surface area contributed by atoms with E-state index in [0.717, 1.165) is 0 Å². The second-order valence-electron chi connectivity index (χ2n) is 5.22. The highest BCUT2D eigenvalue weighted by atomic mass is 16.2. The summed E-state index contributed by atoms with van der Waals surface area (Å²) < 4.78 is 1.72. The molecule has 1 fully saturated rings. The first kappa shape index (κ1) is 13.5. The van der Waals surface area contributed by atoms with Gasteiger partial charge in [0.05, 0.1) is 24.3 Å². The van der Waals surface area contributed by atoms with Crippen molar-refractivity contribution in [2.75, 3.05) is 13.1 Å². The van der Waals surface area contributed by atoms with Gasteiger partial charge in [-0.3, -0.25) is 24.6 Å². The van der Waals surface area contributed by atoms with Gasteiger partial charge in [0.15, 0.2) is 5.78 Å². The Bertz CT molecular complexity index is 545. The number of carbonyl (C=O) groups is 3. The van der Waals surface area contributed by atoms with Crippen LogP contribution < -0.4 is 5.32 Å². The van der Waals surface area contributed by atoms with E-state index in [9.17, 15) is 14.4 Å². The monoisotopic (exact) mass is 263 g/mol. The van der Waals surface area contributed by atoms with Crippen LogP contribution in [0.5, 0.6) is 0 Å². The molecule has 1 N–H and O–H groups in total. The Morgan fingerprint density at radius 1 is 1.42 bits per heavy atom. The summed E-state index contributed by atoms with van der Waals surface area (Å²) in [6, 6.07) is 3.51. The zero-order chi connectivity index (χ0) is 14.2. The molecule has 2 amide bonds. The van der Waals surface area contributed by atoms with Crippen molar-refractivity contribution in [3.63, 3.8) is 0 Å². The maximum Gasteiger partial charge on any atom is 0.246 e. The largest absolute Gasteiger partial charge is 0.348 e. The number of carbonyl (C=O) groups excluding carboxylic acids is 3. The number of amides is 2. The second kappa shape index (κ2) is 4.62. The summed E-state index contributed by atoms with van der Waals surface area (Å²) in [5, 5.41) is 2.28. The van der Waals surface area contributed by atoms with Gasteiger partial charge in [-0.2, -0.15) is 0 Å². The Balaban J connectivity index is 2.17. The lowest BCUT2D eigenvalue weighted by Crippen LogP contribution is -2.64. The van der Waals surface area contributed by atoms with Crippen LogP contribution in [0.1, 0.15) is 24.3 Å². The third-order valence-electron chi connectivity index (χ3n) is 3.50. The highest BCUT2D eigenvalue weighted by Gasteiger charge is 2.41. The standard InChI is InChI=1S/C13H17N3O3/c1-13(2)12(19)14-11(18)8-16(13)7-10(17)9-5-4-6-15(9)3/h4-6H,7-8H2,1-3H3,(H,14,18,19). The number of imide groups is 1. The maximum atomic E-state index is 12.2. The summed E-state index contributed by atoms with van der Waals surface area (Å²) in [4.78, 5) is 37.0. The van der Waals surface area contributed by atoms with Gasteiger partial charge in [0.1, 0.15) is 0 Å². The Morgan fingerprint density at radius 2 is 2.11 bits per heavy atom. The van der Waals surface area contributed by atoms with Gasteiger partial charge < -0.3 is 4.57 Å². The van der Waals surface area contributed by atoms with Crippen molar-refractivity contribution in [1.29, 1.82) is 0 Å². The average Bonchev–Trinajstić information content (AvgIpc) is 2.72. The van der Waals surface area contributed by atoms with E-state index in [1.165, 1.54) is 0 Å². The van der Waals surface area contributed by atoms with Gasteiger partial charge in [-0.25, -0.2) is 0 Å². The number of nitrogens with one attached hydrogen (secondary N) is 1. The fraction of sp³-hybridized carbons (Fsp3) is 0.462. The fourth-order valence-electron chi connectivity index (χ4n) is 2.09. The van der Waals surface area contributed by atoms with Crippen LogP contribution in [0.3, 0.4) is 0 Å². The zero-order valence-corrected chi connectivity index (χ0v) is 11.3. The smallest absolute Gasteiger partial charge is 0.246 e. The summed E-state index contributed by atoms with van der Waals surface area (Å²) in [7, 11) is 1.78. The van der Waals surface area contributed by atoms with E-state index < -0.39 is 5.54 Å². The minimum atomic E-state index is -0.866. The number of ketones is 1. The van der Waals surface area contributed by atoms with Crippen LogP contribution >= 0.6 is 0 Å². The Labute approximate surface area is 111 Å². The SMILES string of the molecule is Cn1cccc1C(=O)CN1CC(=O)NC(=O)C1(C)C. The first-order chi connectivity index (χ1) is 8.82. The molecular formula is C13H17N3O3. The lowest BCUT2D eigenvalue weighted by atomic mass is 9.98. The molecule has 1 aromatic rings. The number of hydrogen-bond acceptors (Lipinski definition) is 4. The summed E-state index contributed by atoms with van der Waals surface area (Å²) in [6.45, 7) is 3.50.